The highest BCUT2D eigenvalue weighted by Crippen LogP contribution is 2.45. The Bertz CT molecular complexity index is 3860. The van der Waals surface area contributed by atoms with E-state index >= 15 is 0 Å². The van der Waals surface area contributed by atoms with Gasteiger partial charge in [-0.05, 0) is 105 Å². The van der Waals surface area contributed by atoms with Gasteiger partial charge in [0, 0.05) is 44.5 Å². The van der Waals surface area contributed by atoms with Crippen molar-refractivity contribution in [3.8, 4) is 95.5 Å². The molecule has 73 heavy (non-hydrogen) atoms. The van der Waals surface area contributed by atoms with Crippen molar-refractivity contribution in [2.75, 3.05) is 0 Å². The Morgan fingerprint density at radius 1 is 0.315 bits per heavy atom. The summed E-state index contributed by atoms with van der Waals surface area (Å²) in [7, 11) is 0. The molecule has 10 aromatic carbocycles. The Morgan fingerprint density at radius 2 is 0.712 bits per heavy atom. The molecule has 0 saturated heterocycles. The summed E-state index contributed by atoms with van der Waals surface area (Å²) < 4.78 is 2.49. The van der Waals surface area contributed by atoms with Crippen LogP contribution in [0.5, 0.6) is 0 Å². The third-order valence-corrected chi connectivity index (χ3v) is 14.1. The summed E-state index contributed by atoms with van der Waals surface area (Å²) in [6.45, 7) is 0. The smallest absolute Gasteiger partial charge is 0.164 e. The number of nitrogens with zero attached hydrogens (tertiary/aromatic N) is 4. The number of aromatic nitrogens is 4. The summed E-state index contributed by atoms with van der Waals surface area (Å²) in [6.07, 6.45) is 9.75. The SMILES string of the molecule is C1=CCC(c2cc(-c3ccccc3)cc(-c3nc(-c4ccccc4)nc(-c4cc(-c5ccccc5)c(-n5c6ccc(-c7ccccc7)cc6c6cc(-c7ccccc7)ccc65)c(-c5ccccc5)c4)n3)c2)C=C1. The van der Waals surface area contributed by atoms with Gasteiger partial charge in [-0.1, -0.05) is 224 Å². The molecule has 0 saturated carbocycles. The summed E-state index contributed by atoms with van der Waals surface area (Å²) >= 11 is 0. The fourth-order valence-corrected chi connectivity index (χ4v) is 10.5. The van der Waals surface area contributed by atoms with E-state index in [0.29, 0.717) is 17.5 Å². The molecule has 0 amide bonds. The van der Waals surface area contributed by atoms with E-state index in [9.17, 15) is 0 Å². The van der Waals surface area contributed by atoms with Crippen LogP contribution in [0.2, 0.25) is 0 Å². The van der Waals surface area contributed by atoms with Crippen molar-refractivity contribution in [1.82, 2.24) is 19.5 Å². The maximum atomic E-state index is 5.50. The molecule has 0 bridgehead atoms. The Labute approximate surface area is 425 Å². The molecule has 0 radical (unpaired) electrons. The summed E-state index contributed by atoms with van der Waals surface area (Å²) in [5.41, 5.74) is 18.6. The quantitative estimate of drug-likeness (QED) is 0.137. The molecular formula is C69H48N4. The molecule has 0 N–H and O–H groups in total. The predicted molar refractivity (Wildman–Crippen MR) is 303 cm³/mol. The molecule has 0 spiro atoms. The zero-order valence-corrected chi connectivity index (χ0v) is 40.1. The second-order valence-electron chi connectivity index (χ2n) is 18.7. The van der Waals surface area contributed by atoms with Crippen molar-refractivity contribution in [2.45, 2.75) is 12.3 Å². The highest BCUT2D eigenvalue weighted by molar-refractivity contribution is 6.13. The summed E-state index contributed by atoms with van der Waals surface area (Å²) in [5.74, 6) is 2.06. The highest BCUT2D eigenvalue weighted by Gasteiger charge is 2.24. The van der Waals surface area contributed by atoms with E-state index in [-0.39, 0.29) is 5.92 Å². The maximum absolute atomic E-state index is 5.50. The Morgan fingerprint density at radius 3 is 1.16 bits per heavy atom. The number of hydrogen-bond donors (Lipinski definition) is 0. The van der Waals surface area contributed by atoms with Crippen LogP contribution in [0.3, 0.4) is 0 Å². The number of fused-ring (bicyclic) bond motifs is 3. The average Bonchev–Trinajstić information content (AvgIpc) is 3.80. The minimum atomic E-state index is 0.229. The van der Waals surface area contributed by atoms with Crippen LogP contribution in [0, 0.1) is 0 Å². The normalized spacial score (nSPS) is 13.2. The van der Waals surface area contributed by atoms with Gasteiger partial charge in [0.2, 0.25) is 0 Å². The summed E-state index contributed by atoms with van der Waals surface area (Å²) in [5, 5.41) is 2.37. The van der Waals surface area contributed by atoms with Gasteiger partial charge >= 0.3 is 0 Å². The monoisotopic (exact) mass is 932 g/mol. The van der Waals surface area contributed by atoms with Crippen LogP contribution in [0.4, 0.5) is 0 Å². The summed E-state index contributed by atoms with van der Waals surface area (Å²) in [6, 6.07) is 89.1. The fraction of sp³-hybridized carbons (Fsp3) is 0.0290. The molecule has 344 valence electrons. The lowest BCUT2D eigenvalue weighted by Gasteiger charge is -2.21. The highest BCUT2D eigenvalue weighted by atomic mass is 15.0. The van der Waals surface area contributed by atoms with Gasteiger partial charge in [0.15, 0.2) is 17.5 Å². The second kappa shape index (κ2) is 19.0. The standard InChI is InChI=1S/C69H48N4/c1-8-22-47(23-9-1)54-36-38-64-62(43-54)63-44-55(48-24-10-2-11-25-48)37-39-65(63)73(64)66-60(51-30-16-5-17-31-51)45-59(46-61(66)52-32-18-6-19-33-52)69-71-67(53-34-20-7-21-35-53)70-68(72-69)58-41-56(49-26-12-3-13-27-49)40-57(42-58)50-28-14-4-15-29-50/h1-28,30-46,50H,29H2. The van der Waals surface area contributed by atoms with Crippen LogP contribution < -0.4 is 0 Å². The first-order valence-electron chi connectivity index (χ1n) is 25.0. The van der Waals surface area contributed by atoms with Crippen molar-refractivity contribution < 1.29 is 0 Å². The first kappa shape index (κ1) is 43.5. The Balaban J connectivity index is 1.09. The molecule has 0 fully saturated rings. The van der Waals surface area contributed by atoms with Gasteiger partial charge in [-0.15, -0.1) is 0 Å². The lowest BCUT2D eigenvalue weighted by atomic mass is 9.88. The number of benzene rings is 10. The van der Waals surface area contributed by atoms with E-state index in [2.05, 4.69) is 259 Å². The first-order valence-corrected chi connectivity index (χ1v) is 25.0. The van der Waals surface area contributed by atoms with Crippen LogP contribution in [0.1, 0.15) is 17.9 Å². The van der Waals surface area contributed by atoms with E-state index in [1.807, 2.05) is 18.2 Å². The molecule has 0 aliphatic heterocycles. The number of rotatable bonds is 10. The van der Waals surface area contributed by atoms with E-state index in [4.69, 9.17) is 15.0 Å². The van der Waals surface area contributed by atoms with Gasteiger partial charge in [0.25, 0.3) is 0 Å². The third kappa shape index (κ3) is 8.45. The van der Waals surface area contributed by atoms with Crippen LogP contribution in [0.15, 0.2) is 273 Å². The average molecular weight is 933 g/mol. The van der Waals surface area contributed by atoms with E-state index < -0.39 is 0 Å². The number of allylic oxidation sites excluding steroid dienone is 4. The molecule has 13 rings (SSSR count). The molecule has 4 heteroatoms. The Kier molecular flexibility index (Phi) is 11.3. The minimum absolute atomic E-state index is 0.229. The van der Waals surface area contributed by atoms with Crippen molar-refractivity contribution in [3.63, 3.8) is 0 Å². The Hall–Kier alpha value is -9.51. The van der Waals surface area contributed by atoms with Gasteiger partial charge < -0.3 is 4.57 Å². The van der Waals surface area contributed by atoms with E-state index in [1.165, 1.54) is 38.6 Å². The van der Waals surface area contributed by atoms with E-state index in [0.717, 1.165) is 73.2 Å². The molecule has 1 unspecified atom stereocenters. The second-order valence-corrected chi connectivity index (χ2v) is 18.7. The summed E-state index contributed by atoms with van der Waals surface area (Å²) in [4.78, 5) is 16.2. The first-order chi connectivity index (χ1) is 36.2. The van der Waals surface area contributed by atoms with Crippen molar-refractivity contribution >= 4 is 21.8 Å². The van der Waals surface area contributed by atoms with Crippen molar-refractivity contribution in [2.24, 2.45) is 0 Å². The maximum Gasteiger partial charge on any atom is 0.164 e. The molecule has 1 atom stereocenters. The molecule has 4 nitrogen and oxygen atoms in total. The van der Waals surface area contributed by atoms with Gasteiger partial charge in [0.1, 0.15) is 0 Å². The van der Waals surface area contributed by atoms with Crippen molar-refractivity contribution in [3.05, 3.63) is 279 Å². The zero-order chi connectivity index (χ0) is 48.5. The molecule has 2 heterocycles. The molecular weight excluding hydrogens is 885 g/mol. The number of hydrogen-bond acceptors (Lipinski definition) is 3. The van der Waals surface area contributed by atoms with E-state index in [1.54, 1.807) is 0 Å². The van der Waals surface area contributed by atoms with Gasteiger partial charge in [0.05, 0.1) is 16.7 Å². The van der Waals surface area contributed by atoms with Crippen LogP contribution in [0.25, 0.3) is 117 Å². The predicted octanol–water partition coefficient (Wildman–Crippen LogP) is 17.9. The van der Waals surface area contributed by atoms with Crippen LogP contribution >= 0.6 is 0 Å². The largest absolute Gasteiger partial charge is 0.308 e. The topological polar surface area (TPSA) is 43.6 Å². The van der Waals surface area contributed by atoms with Gasteiger partial charge in [-0.25, -0.2) is 15.0 Å². The van der Waals surface area contributed by atoms with Gasteiger partial charge in [-0.3, -0.25) is 0 Å². The van der Waals surface area contributed by atoms with Crippen LogP contribution in [-0.4, -0.2) is 19.5 Å². The van der Waals surface area contributed by atoms with Crippen LogP contribution in [-0.2, 0) is 0 Å². The minimum Gasteiger partial charge on any atom is -0.308 e. The molecule has 1 aliphatic rings. The fourth-order valence-electron chi connectivity index (χ4n) is 10.5. The van der Waals surface area contributed by atoms with Gasteiger partial charge in [-0.2, -0.15) is 0 Å². The zero-order valence-electron chi connectivity index (χ0n) is 40.1. The lowest BCUT2D eigenvalue weighted by molar-refractivity contribution is 0.854. The molecule has 2 aromatic heterocycles. The molecule has 12 aromatic rings. The molecule has 1 aliphatic carbocycles. The third-order valence-electron chi connectivity index (χ3n) is 14.1. The van der Waals surface area contributed by atoms with Crippen molar-refractivity contribution in [1.29, 1.82) is 0 Å². The lowest BCUT2D eigenvalue weighted by Crippen LogP contribution is -2.04.